The summed E-state index contributed by atoms with van der Waals surface area (Å²) in [7, 11) is 0. The lowest BCUT2D eigenvalue weighted by Gasteiger charge is -2.51. The average Bonchev–Trinajstić information content (AvgIpc) is 2.92. The summed E-state index contributed by atoms with van der Waals surface area (Å²) in [6.45, 7) is 23.0. The zero-order valence-electron chi connectivity index (χ0n) is 30.0. The highest BCUT2D eigenvalue weighted by Crippen LogP contribution is 2.39. The number of esters is 4. The van der Waals surface area contributed by atoms with Crippen LogP contribution in [0.15, 0.2) is 24.3 Å². The van der Waals surface area contributed by atoms with E-state index in [1.807, 2.05) is 19.1 Å². The van der Waals surface area contributed by atoms with Gasteiger partial charge in [-0.2, -0.15) is 0 Å². The summed E-state index contributed by atoms with van der Waals surface area (Å²) in [5.41, 5.74) is -1.27. The first-order valence-corrected chi connectivity index (χ1v) is 16.2. The van der Waals surface area contributed by atoms with Crippen molar-refractivity contribution >= 4 is 23.9 Å². The molecule has 0 radical (unpaired) electrons. The summed E-state index contributed by atoms with van der Waals surface area (Å²) >= 11 is 0. The molecule has 46 heavy (non-hydrogen) atoms. The first-order valence-electron chi connectivity index (χ1n) is 16.2. The Morgan fingerprint density at radius 3 is 1.65 bits per heavy atom. The molecule has 6 atom stereocenters. The number of hydrogen-bond acceptors (Lipinski definition) is 10. The lowest BCUT2D eigenvalue weighted by molar-refractivity contribution is -0.288. The molecule has 0 saturated carbocycles. The van der Waals surface area contributed by atoms with Gasteiger partial charge in [-0.3, -0.25) is 24.1 Å². The van der Waals surface area contributed by atoms with E-state index in [0.29, 0.717) is 13.0 Å². The number of carbonyl (C=O) groups is 4. The monoisotopic (exact) mass is 645 g/mol. The van der Waals surface area contributed by atoms with E-state index in [1.54, 1.807) is 83.1 Å². The van der Waals surface area contributed by atoms with Crippen LogP contribution in [0.2, 0.25) is 0 Å². The molecule has 1 saturated heterocycles. The van der Waals surface area contributed by atoms with E-state index in [4.69, 9.17) is 23.7 Å². The van der Waals surface area contributed by atoms with E-state index in [0.717, 1.165) is 5.56 Å². The maximum Gasteiger partial charge on any atom is 0.311 e. The van der Waals surface area contributed by atoms with Crippen LogP contribution < -0.4 is 0 Å². The van der Waals surface area contributed by atoms with Gasteiger partial charge in [-0.05, 0) is 108 Å². The molecule has 1 aromatic rings. The summed E-state index contributed by atoms with van der Waals surface area (Å²) < 4.78 is 31.0. The molecule has 0 spiro atoms. The van der Waals surface area contributed by atoms with Crippen LogP contribution in [0.3, 0.4) is 0 Å². The van der Waals surface area contributed by atoms with Crippen molar-refractivity contribution in [2.24, 2.45) is 21.7 Å². The fourth-order valence-electron chi connectivity index (χ4n) is 5.11. The number of fused-ring (bicyclic) bond motifs is 1. The van der Waals surface area contributed by atoms with Gasteiger partial charge in [0.2, 0.25) is 0 Å². The van der Waals surface area contributed by atoms with Gasteiger partial charge in [-0.1, -0.05) is 24.3 Å². The predicted molar refractivity (Wildman–Crippen MR) is 172 cm³/mol. The summed E-state index contributed by atoms with van der Waals surface area (Å²) in [5, 5.41) is 0. The third-order valence-corrected chi connectivity index (χ3v) is 8.14. The van der Waals surface area contributed by atoms with E-state index in [1.165, 1.54) is 5.56 Å². The van der Waals surface area contributed by atoms with E-state index >= 15 is 0 Å². The smallest absolute Gasteiger partial charge is 0.311 e. The molecule has 0 N–H and O–H groups in total. The second-order valence-electron chi connectivity index (χ2n) is 16.6. The number of carbonyl (C=O) groups excluding carboxylic acids is 4. The Kier molecular flexibility index (Phi) is 11.1. The highest BCUT2D eigenvalue weighted by atomic mass is 16.7. The van der Waals surface area contributed by atoms with Gasteiger partial charge in [0, 0.05) is 12.6 Å². The minimum Gasteiger partial charge on any atom is -0.462 e. The van der Waals surface area contributed by atoms with Crippen LogP contribution in [-0.2, 0) is 49.3 Å². The van der Waals surface area contributed by atoms with Crippen LogP contribution in [0.1, 0.15) is 107 Å². The van der Waals surface area contributed by atoms with Gasteiger partial charge >= 0.3 is 23.9 Å². The van der Waals surface area contributed by atoms with Crippen LogP contribution in [0.4, 0.5) is 0 Å². The standard InChI is InChI=1S/C36H55NO9/c1-21-23-17-15-14-16-22(23)18-19-37(21)28-27(46-32(41)36(11,12)13)26(45-31(40)35(8,9)10)25(44-30(39)34(5,6)7)24(43-28)20-42-29(38)33(2,3)4/h14-17,21,24-28H,18-20H2,1-13H3/t21-,24+,25-,26-,27+,28+/m0/s1. The lowest BCUT2D eigenvalue weighted by atomic mass is 9.89. The Morgan fingerprint density at radius 2 is 1.15 bits per heavy atom. The van der Waals surface area contributed by atoms with Gasteiger partial charge in [0.25, 0.3) is 0 Å². The topological polar surface area (TPSA) is 118 Å². The first-order chi connectivity index (χ1) is 20.9. The zero-order chi connectivity index (χ0) is 35.0. The van der Waals surface area contributed by atoms with Gasteiger partial charge < -0.3 is 23.7 Å². The number of ether oxygens (including phenoxy) is 5. The van der Waals surface area contributed by atoms with Gasteiger partial charge in [0.05, 0.1) is 21.7 Å². The largest absolute Gasteiger partial charge is 0.462 e. The molecule has 0 bridgehead atoms. The molecule has 1 fully saturated rings. The SMILES string of the molecule is C[C@H]1c2ccccc2CCN1[C@@H]1O[C@H](COC(=O)C(C)(C)C)[C@H](OC(=O)C(C)(C)C)[C@H](OC(=O)C(C)(C)C)[C@H]1OC(=O)C(C)(C)C. The number of hydrogen-bond donors (Lipinski definition) is 0. The molecule has 10 nitrogen and oxygen atoms in total. The summed E-state index contributed by atoms with van der Waals surface area (Å²) in [6, 6.07) is 7.95. The molecule has 0 amide bonds. The maximum absolute atomic E-state index is 13.6. The van der Waals surface area contributed by atoms with E-state index in [-0.39, 0.29) is 12.6 Å². The zero-order valence-corrected chi connectivity index (χ0v) is 30.0. The Morgan fingerprint density at radius 1 is 0.696 bits per heavy atom. The second-order valence-corrected chi connectivity index (χ2v) is 16.6. The summed E-state index contributed by atoms with van der Waals surface area (Å²) in [4.78, 5) is 55.5. The predicted octanol–water partition coefficient (Wildman–Crippen LogP) is 5.79. The van der Waals surface area contributed by atoms with Crippen molar-refractivity contribution in [3.05, 3.63) is 35.4 Å². The van der Waals surface area contributed by atoms with Gasteiger partial charge in [-0.25, -0.2) is 0 Å². The van der Waals surface area contributed by atoms with Gasteiger partial charge in [0.15, 0.2) is 24.5 Å². The fraction of sp³-hybridized carbons (Fsp3) is 0.722. The molecule has 3 rings (SSSR count). The molecule has 2 heterocycles. The summed E-state index contributed by atoms with van der Waals surface area (Å²) in [5.74, 6) is -2.16. The van der Waals surface area contributed by atoms with Crippen molar-refractivity contribution in [2.45, 2.75) is 133 Å². The molecule has 0 aliphatic carbocycles. The van der Waals surface area contributed by atoms with Crippen molar-refractivity contribution in [3.8, 4) is 0 Å². The molecular weight excluding hydrogens is 590 g/mol. The number of benzene rings is 1. The van der Waals surface area contributed by atoms with Crippen LogP contribution in [0, 0.1) is 21.7 Å². The number of rotatable bonds is 6. The molecule has 0 aromatic heterocycles. The molecule has 2 aliphatic rings. The highest BCUT2D eigenvalue weighted by molar-refractivity contribution is 5.78. The Labute approximate surface area is 274 Å². The van der Waals surface area contributed by atoms with E-state index in [9.17, 15) is 19.2 Å². The fourth-order valence-corrected chi connectivity index (χ4v) is 5.11. The van der Waals surface area contributed by atoms with Crippen molar-refractivity contribution in [3.63, 3.8) is 0 Å². The third kappa shape index (κ3) is 8.88. The van der Waals surface area contributed by atoms with Crippen LogP contribution >= 0.6 is 0 Å². The van der Waals surface area contributed by atoms with Gasteiger partial charge in [0.1, 0.15) is 12.7 Å². The highest BCUT2D eigenvalue weighted by Gasteiger charge is 2.56. The van der Waals surface area contributed by atoms with E-state index < -0.39 is 76.2 Å². The van der Waals surface area contributed by atoms with Crippen LogP contribution in [-0.4, -0.2) is 72.6 Å². The number of nitrogens with zero attached hydrogens (tertiary/aromatic N) is 1. The normalized spacial score (nSPS) is 26.0. The minimum absolute atomic E-state index is 0.170. The maximum atomic E-state index is 13.6. The second kappa shape index (κ2) is 13.6. The summed E-state index contributed by atoms with van der Waals surface area (Å²) in [6.07, 6.45) is -4.99. The molecule has 258 valence electrons. The van der Waals surface area contributed by atoms with Crippen molar-refractivity contribution in [1.29, 1.82) is 0 Å². The van der Waals surface area contributed by atoms with Crippen LogP contribution in [0.5, 0.6) is 0 Å². The Bertz CT molecular complexity index is 1280. The Hall–Kier alpha value is -2.98. The molecule has 2 aliphatic heterocycles. The van der Waals surface area contributed by atoms with Crippen molar-refractivity contribution in [2.75, 3.05) is 13.2 Å². The minimum atomic E-state index is -1.27. The quantitative estimate of drug-likeness (QED) is 0.278. The molecule has 0 unspecified atom stereocenters. The molecular formula is C36H55NO9. The van der Waals surface area contributed by atoms with E-state index in [2.05, 4.69) is 17.0 Å². The molecule has 1 aromatic carbocycles. The van der Waals surface area contributed by atoms with Gasteiger partial charge in [-0.15, -0.1) is 0 Å². The molecule has 10 heteroatoms. The first kappa shape index (κ1) is 37.5. The third-order valence-electron chi connectivity index (χ3n) is 8.14. The van der Waals surface area contributed by atoms with Crippen molar-refractivity contribution in [1.82, 2.24) is 4.90 Å². The average molecular weight is 646 g/mol. The Balaban J connectivity index is 2.20. The van der Waals surface area contributed by atoms with Crippen molar-refractivity contribution < 1.29 is 42.9 Å². The van der Waals surface area contributed by atoms with Crippen LogP contribution in [0.25, 0.3) is 0 Å². The lowest BCUT2D eigenvalue weighted by Crippen LogP contribution is -2.67.